The SMILES string of the molecule is CC(C)(C)OC(=O)CC[C@H](N)C(=O)N[C@@H](Cc1cccc([Si](C)(C)C)c1)C(=O)OC(C)(C)C. The normalized spacial score (nSPS) is 14.2. The second-order valence-electron chi connectivity index (χ2n) is 11.5. The summed E-state index contributed by atoms with van der Waals surface area (Å²) in [6.45, 7) is 17.4. The van der Waals surface area contributed by atoms with Gasteiger partial charge in [0.2, 0.25) is 5.91 Å². The van der Waals surface area contributed by atoms with Crippen LogP contribution in [0.15, 0.2) is 24.3 Å². The second kappa shape index (κ2) is 11.3. The molecule has 0 aliphatic rings. The molecule has 0 bridgehead atoms. The monoisotopic (exact) mass is 478 g/mol. The summed E-state index contributed by atoms with van der Waals surface area (Å²) in [6, 6.07) is 6.28. The van der Waals surface area contributed by atoms with Crippen molar-refractivity contribution in [3.05, 3.63) is 29.8 Å². The van der Waals surface area contributed by atoms with Gasteiger partial charge in [0.15, 0.2) is 0 Å². The molecule has 0 aliphatic heterocycles. The molecule has 1 rings (SSSR count). The van der Waals surface area contributed by atoms with Gasteiger partial charge < -0.3 is 20.5 Å². The Bertz CT molecular complexity index is 834. The van der Waals surface area contributed by atoms with Gasteiger partial charge in [-0.1, -0.05) is 49.1 Å². The maximum atomic E-state index is 12.9. The third-order valence-electron chi connectivity index (χ3n) is 4.66. The van der Waals surface area contributed by atoms with E-state index in [9.17, 15) is 14.4 Å². The maximum absolute atomic E-state index is 12.9. The minimum atomic E-state index is -1.54. The Morgan fingerprint density at radius 1 is 1.00 bits per heavy atom. The summed E-state index contributed by atoms with van der Waals surface area (Å²) in [5.41, 5.74) is 5.65. The number of amides is 1. The molecule has 1 aromatic carbocycles. The molecule has 0 spiro atoms. The van der Waals surface area contributed by atoms with E-state index in [4.69, 9.17) is 15.2 Å². The third kappa shape index (κ3) is 11.5. The third-order valence-corrected chi connectivity index (χ3v) is 6.70. The number of carbonyl (C=O) groups excluding carboxylic acids is 3. The van der Waals surface area contributed by atoms with Crippen molar-refractivity contribution in [2.45, 2.75) is 104 Å². The van der Waals surface area contributed by atoms with Crippen molar-refractivity contribution >= 4 is 31.1 Å². The molecule has 33 heavy (non-hydrogen) atoms. The zero-order valence-corrected chi connectivity index (χ0v) is 22.7. The van der Waals surface area contributed by atoms with E-state index >= 15 is 0 Å². The smallest absolute Gasteiger partial charge is 0.329 e. The number of esters is 2. The quantitative estimate of drug-likeness (QED) is 0.417. The predicted molar refractivity (Wildman–Crippen MR) is 134 cm³/mol. The van der Waals surface area contributed by atoms with Crippen LogP contribution in [0.2, 0.25) is 19.6 Å². The van der Waals surface area contributed by atoms with Gasteiger partial charge in [0.25, 0.3) is 0 Å². The van der Waals surface area contributed by atoms with Gasteiger partial charge in [-0.15, -0.1) is 0 Å². The Morgan fingerprint density at radius 3 is 2.09 bits per heavy atom. The van der Waals surface area contributed by atoms with Gasteiger partial charge in [-0.3, -0.25) is 9.59 Å². The van der Waals surface area contributed by atoms with Crippen molar-refractivity contribution in [1.82, 2.24) is 5.32 Å². The van der Waals surface area contributed by atoms with Gasteiger partial charge in [-0.2, -0.15) is 0 Å². The molecule has 0 aliphatic carbocycles. The first-order valence-electron chi connectivity index (χ1n) is 11.5. The number of nitrogens with two attached hydrogens (primary N) is 1. The summed E-state index contributed by atoms with van der Waals surface area (Å²) in [7, 11) is -1.54. The van der Waals surface area contributed by atoms with Crippen molar-refractivity contribution in [3.8, 4) is 0 Å². The van der Waals surface area contributed by atoms with E-state index in [0.717, 1.165) is 5.56 Å². The summed E-state index contributed by atoms with van der Waals surface area (Å²) in [4.78, 5) is 37.6. The summed E-state index contributed by atoms with van der Waals surface area (Å²) in [5, 5.41) is 4.01. The van der Waals surface area contributed by atoms with E-state index in [2.05, 4.69) is 37.1 Å². The van der Waals surface area contributed by atoms with Crippen molar-refractivity contribution in [2.24, 2.45) is 5.73 Å². The van der Waals surface area contributed by atoms with Crippen LogP contribution in [0, 0.1) is 0 Å². The lowest BCUT2D eigenvalue weighted by Crippen LogP contribution is -2.51. The first kappa shape index (κ1) is 28.8. The Labute approximate surface area is 199 Å². The highest BCUT2D eigenvalue weighted by molar-refractivity contribution is 6.88. The standard InChI is InChI=1S/C25H42N2O5Si/c1-24(2,3)31-21(28)14-13-19(26)22(29)27-20(23(30)32-25(4,5)6)16-17-11-10-12-18(15-17)33(7,8)9/h10-12,15,19-20H,13-14,16,26H2,1-9H3,(H,27,29)/t19-,20-/m0/s1. The summed E-state index contributed by atoms with van der Waals surface area (Å²) >= 11 is 0. The minimum absolute atomic E-state index is 0.0151. The van der Waals surface area contributed by atoms with Crippen molar-refractivity contribution in [2.75, 3.05) is 0 Å². The van der Waals surface area contributed by atoms with Crippen LogP contribution in [0.25, 0.3) is 0 Å². The molecule has 2 atom stereocenters. The first-order chi connectivity index (χ1) is 14.9. The Kier molecular flexibility index (Phi) is 9.87. The van der Waals surface area contributed by atoms with E-state index in [1.165, 1.54) is 5.19 Å². The highest BCUT2D eigenvalue weighted by Crippen LogP contribution is 2.14. The van der Waals surface area contributed by atoms with Crippen molar-refractivity contribution in [1.29, 1.82) is 0 Å². The fraction of sp³-hybridized carbons (Fsp3) is 0.640. The van der Waals surface area contributed by atoms with Gasteiger partial charge in [0, 0.05) is 12.8 Å². The van der Waals surface area contributed by atoms with Gasteiger partial charge >= 0.3 is 11.9 Å². The number of ether oxygens (including phenoxy) is 2. The maximum Gasteiger partial charge on any atom is 0.329 e. The van der Waals surface area contributed by atoms with Gasteiger partial charge in [0.1, 0.15) is 17.2 Å². The molecule has 0 heterocycles. The van der Waals surface area contributed by atoms with E-state index in [0.29, 0.717) is 0 Å². The summed E-state index contributed by atoms with van der Waals surface area (Å²) < 4.78 is 10.8. The molecule has 0 aromatic heterocycles. The summed E-state index contributed by atoms with van der Waals surface area (Å²) in [6.07, 6.45) is 0.422. The predicted octanol–water partition coefficient (Wildman–Crippen LogP) is 3.05. The van der Waals surface area contributed by atoms with E-state index in [1.807, 2.05) is 12.1 Å². The number of benzene rings is 1. The van der Waals surface area contributed by atoms with Gasteiger partial charge in [-0.05, 0) is 53.5 Å². The largest absolute Gasteiger partial charge is 0.460 e. The number of hydrogen-bond donors (Lipinski definition) is 2. The van der Waals surface area contributed by atoms with Crippen molar-refractivity contribution < 1.29 is 23.9 Å². The first-order valence-corrected chi connectivity index (χ1v) is 15.0. The van der Waals surface area contributed by atoms with Crippen LogP contribution in [0.4, 0.5) is 0 Å². The van der Waals surface area contributed by atoms with Crippen LogP contribution >= 0.6 is 0 Å². The highest BCUT2D eigenvalue weighted by atomic mass is 28.3. The molecule has 0 saturated carbocycles. The van der Waals surface area contributed by atoms with Gasteiger partial charge in [-0.25, -0.2) is 4.79 Å². The lowest BCUT2D eigenvalue weighted by Gasteiger charge is -2.26. The molecule has 8 heteroatoms. The summed E-state index contributed by atoms with van der Waals surface area (Å²) in [5.74, 6) is -1.44. The van der Waals surface area contributed by atoms with E-state index in [-0.39, 0.29) is 19.3 Å². The topological polar surface area (TPSA) is 108 Å². The lowest BCUT2D eigenvalue weighted by atomic mass is 10.0. The fourth-order valence-electron chi connectivity index (χ4n) is 3.04. The Morgan fingerprint density at radius 2 is 1.58 bits per heavy atom. The van der Waals surface area contributed by atoms with Crippen LogP contribution in [0.3, 0.4) is 0 Å². The minimum Gasteiger partial charge on any atom is -0.460 e. The zero-order valence-electron chi connectivity index (χ0n) is 21.7. The average molecular weight is 479 g/mol. The van der Waals surface area contributed by atoms with Crippen LogP contribution in [0.5, 0.6) is 0 Å². The number of hydrogen-bond acceptors (Lipinski definition) is 6. The molecule has 186 valence electrons. The molecule has 0 radical (unpaired) electrons. The lowest BCUT2D eigenvalue weighted by molar-refractivity contribution is -0.159. The number of rotatable bonds is 9. The fourth-order valence-corrected chi connectivity index (χ4v) is 4.26. The van der Waals surface area contributed by atoms with Gasteiger partial charge in [0.05, 0.1) is 14.1 Å². The molecule has 7 nitrogen and oxygen atoms in total. The van der Waals surface area contributed by atoms with E-state index in [1.54, 1.807) is 41.5 Å². The van der Waals surface area contributed by atoms with Crippen LogP contribution < -0.4 is 16.2 Å². The van der Waals surface area contributed by atoms with E-state index < -0.39 is 49.2 Å². The second-order valence-corrected chi connectivity index (χ2v) is 16.6. The molecular weight excluding hydrogens is 436 g/mol. The number of carbonyl (C=O) groups is 3. The highest BCUT2D eigenvalue weighted by Gasteiger charge is 2.29. The molecule has 0 saturated heterocycles. The number of nitrogens with one attached hydrogen (secondary N) is 1. The molecule has 0 unspecified atom stereocenters. The Hall–Kier alpha value is -2.19. The Balaban J connectivity index is 2.94. The zero-order chi connectivity index (χ0) is 25.6. The molecule has 0 fully saturated rings. The van der Waals surface area contributed by atoms with Crippen molar-refractivity contribution in [3.63, 3.8) is 0 Å². The molecule has 3 N–H and O–H groups in total. The molecule has 1 aromatic rings. The average Bonchev–Trinajstić information content (AvgIpc) is 2.62. The van der Waals surface area contributed by atoms with Crippen LogP contribution in [-0.4, -0.2) is 49.2 Å². The molecular formula is C25H42N2O5Si. The van der Waals surface area contributed by atoms with Crippen LogP contribution in [-0.2, 0) is 30.3 Å². The van der Waals surface area contributed by atoms with Crippen LogP contribution in [0.1, 0.15) is 59.9 Å². The molecule has 1 amide bonds.